The van der Waals surface area contributed by atoms with E-state index in [1.165, 1.54) is 24.0 Å². The van der Waals surface area contributed by atoms with Gasteiger partial charge in [-0.15, -0.1) is 0 Å². The molecule has 1 N–H and O–H groups in total. The largest absolute Gasteiger partial charge is 0.313 e. The average Bonchev–Trinajstić information content (AvgIpc) is 2.28. The van der Waals surface area contributed by atoms with E-state index in [1.807, 2.05) is 0 Å². The van der Waals surface area contributed by atoms with Crippen LogP contribution in [0.5, 0.6) is 0 Å². The Morgan fingerprint density at radius 1 is 1.38 bits per heavy atom. The molecule has 0 saturated carbocycles. The van der Waals surface area contributed by atoms with Gasteiger partial charge in [-0.2, -0.15) is 0 Å². The van der Waals surface area contributed by atoms with Gasteiger partial charge < -0.3 is 5.32 Å². The number of nitrogens with one attached hydrogen (secondary N) is 1. The van der Waals surface area contributed by atoms with Crippen molar-refractivity contribution in [3.05, 3.63) is 35.4 Å². The molecule has 1 aliphatic carbocycles. The van der Waals surface area contributed by atoms with Gasteiger partial charge in [-0.25, -0.2) is 0 Å². The highest BCUT2D eigenvalue weighted by molar-refractivity contribution is 7.84. The maximum atomic E-state index is 11.0. The highest BCUT2D eigenvalue weighted by Gasteiger charge is 2.17. The lowest BCUT2D eigenvalue weighted by Gasteiger charge is -2.25. The fourth-order valence-corrected chi connectivity index (χ4v) is 2.68. The summed E-state index contributed by atoms with van der Waals surface area (Å²) in [4.78, 5) is 0. The van der Waals surface area contributed by atoms with E-state index < -0.39 is 10.8 Å². The minimum Gasteiger partial charge on any atom is -0.313 e. The predicted molar refractivity (Wildman–Crippen MR) is 69.2 cm³/mol. The summed E-state index contributed by atoms with van der Waals surface area (Å²) in [5, 5.41) is 3.50. The van der Waals surface area contributed by atoms with Gasteiger partial charge in [0.2, 0.25) is 0 Å². The summed E-state index contributed by atoms with van der Waals surface area (Å²) in [7, 11) is -0.678. The quantitative estimate of drug-likeness (QED) is 0.860. The molecular formula is C13H19NOS. The first-order valence-electron chi connectivity index (χ1n) is 5.86. The second kappa shape index (κ2) is 5.60. The Kier molecular flexibility index (Phi) is 4.13. The highest BCUT2D eigenvalue weighted by atomic mass is 32.2. The van der Waals surface area contributed by atoms with Crippen molar-refractivity contribution in [2.75, 3.05) is 18.6 Å². The van der Waals surface area contributed by atoms with Crippen LogP contribution in [-0.2, 0) is 23.6 Å². The van der Waals surface area contributed by atoms with E-state index in [4.69, 9.17) is 0 Å². The summed E-state index contributed by atoms with van der Waals surface area (Å²) in [6, 6.07) is 9.25. The first-order chi connectivity index (χ1) is 7.75. The summed E-state index contributed by atoms with van der Waals surface area (Å²) < 4.78 is 11.0. The summed E-state index contributed by atoms with van der Waals surface area (Å²) in [5.41, 5.74) is 2.98. The van der Waals surface area contributed by atoms with Crippen LogP contribution >= 0.6 is 0 Å². The maximum Gasteiger partial charge on any atom is 0.0357 e. The second-order valence-corrected chi connectivity index (χ2v) is 5.99. The summed E-state index contributed by atoms with van der Waals surface area (Å²) in [5.74, 6) is 0.762. The molecule has 0 fully saturated rings. The molecule has 88 valence electrons. The lowest BCUT2D eigenvalue weighted by Crippen LogP contribution is -2.36. The molecule has 0 radical (unpaired) electrons. The minimum atomic E-state index is -0.678. The van der Waals surface area contributed by atoms with Crippen molar-refractivity contribution >= 4 is 10.8 Å². The van der Waals surface area contributed by atoms with E-state index in [9.17, 15) is 4.21 Å². The first kappa shape index (κ1) is 11.8. The maximum absolute atomic E-state index is 11.0. The molecule has 16 heavy (non-hydrogen) atoms. The Bertz CT molecular complexity index is 378. The monoisotopic (exact) mass is 237 g/mol. The van der Waals surface area contributed by atoms with E-state index in [0.717, 1.165) is 18.7 Å². The van der Waals surface area contributed by atoms with Crippen LogP contribution in [0.4, 0.5) is 0 Å². The van der Waals surface area contributed by atoms with Crippen molar-refractivity contribution in [1.82, 2.24) is 5.32 Å². The SMILES string of the molecule is CS(=O)CCNC1CCc2ccccc2C1. The van der Waals surface area contributed by atoms with E-state index >= 15 is 0 Å². The van der Waals surface area contributed by atoms with Gasteiger partial charge in [0.15, 0.2) is 0 Å². The van der Waals surface area contributed by atoms with Crippen molar-refractivity contribution < 1.29 is 4.21 Å². The number of benzene rings is 1. The van der Waals surface area contributed by atoms with E-state index in [2.05, 4.69) is 29.6 Å². The lowest BCUT2D eigenvalue weighted by atomic mass is 9.88. The van der Waals surface area contributed by atoms with Crippen LogP contribution in [0.2, 0.25) is 0 Å². The molecular weight excluding hydrogens is 218 g/mol. The van der Waals surface area contributed by atoms with Gasteiger partial charge >= 0.3 is 0 Å². The van der Waals surface area contributed by atoms with Crippen LogP contribution in [0.3, 0.4) is 0 Å². The topological polar surface area (TPSA) is 29.1 Å². The Balaban J connectivity index is 1.86. The second-order valence-electron chi connectivity index (χ2n) is 4.44. The number of rotatable bonds is 4. The molecule has 0 saturated heterocycles. The Morgan fingerprint density at radius 2 is 2.12 bits per heavy atom. The molecule has 2 rings (SSSR count). The van der Waals surface area contributed by atoms with Crippen molar-refractivity contribution in [2.45, 2.75) is 25.3 Å². The van der Waals surface area contributed by atoms with E-state index in [0.29, 0.717) is 6.04 Å². The fourth-order valence-electron chi connectivity index (χ4n) is 2.28. The molecule has 1 aromatic rings. The van der Waals surface area contributed by atoms with Crippen LogP contribution in [0.25, 0.3) is 0 Å². The van der Waals surface area contributed by atoms with Gasteiger partial charge in [-0.3, -0.25) is 4.21 Å². The lowest BCUT2D eigenvalue weighted by molar-refractivity contribution is 0.471. The Labute approximate surface area is 99.9 Å². The van der Waals surface area contributed by atoms with Gasteiger partial charge in [-0.05, 0) is 30.4 Å². The molecule has 1 aromatic carbocycles. The van der Waals surface area contributed by atoms with Crippen molar-refractivity contribution in [1.29, 1.82) is 0 Å². The summed E-state index contributed by atoms with van der Waals surface area (Å²) in [6.45, 7) is 0.871. The summed E-state index contributed by atoms with van der Waals surface area (Å²) in [6.07, 6.45) is 5.25. The van der Waals surface area contributed by atoms with E-state index in [1.54, 1.807) is 6.26 Å². The number of hydrogen-bond donors (Lipinski definition) is 1. The summed E-state index contributed by atoms with van der Waals surface area (Å²) >= 11 is 0. The molecule has 2 nitrogen and oxygen atoms in total. The smallest absolute Gasteiger partial charge is 0.0357 e. The molecule has 0 bridgehead atoms. The van der Waals surface area contributed by atoms with Crippen molar-refractivity contribution in [2.24, 2.45) is 0 Å². The van der Waals surface area contributed by atoms with Gasteiger partial charge in [0, 0.05) is 35.4 Å². The zero-order valence-corrected chi connectivity index (χ0v) is 10.6. The van der Waals surface area contributed by atoms with Gasteiger partial charge in [0.25, 0.3) is 0 Å². The molecule has 0 spiro atoms. The highest BCUT2D eigenvalue weighted by Crippen LogP contribution is 2.20. The molecule has 0 aromatic heterocycles. The predicted octanol–water partition coefficient (Wildman–Crippen LogP) is 1.51. The average molecular weight is 237 g/mol. The van der Waals surface area contributed by atoms with Crippen LogP contribution in [0.15, 0.2) is 24.3 Å². The van der Waals surface area contributed by atoms with Gasteiger partial charge in [-0.1, -0.05) is 24.3 Å². The van der Waals surface area contributed by atoms with Gasteiger partial charge in [0.05, 0.1) is 0 Å². The molecule has 0 amide bonds. The Hall–Kier alpha value is -0.670. The third-order valence-electron chi connectivity index (χ3n) is 3.17. The first-order valence-corrected chi connectivity index (χ1v) is 7.58. The molecule has 1 aliphatic rings. The van der Waals surface area contributed by atoms with Crippen LogP contribution in [0.1, 0.15) is 17.5 Å². The third-order valence-corrected chi connectivity index (χ3v) is 3.95. The standard InChI is InChI=1S/C13H19NOS/c1-16(15)9-8-14-13-7-6-11-4-2-3-5-12(11)10-13/h2-5,13-14H,6-10H2,1H3. The molecule has 0 heterocycles. The number of hydrogen-bond acceptors (Lipinski definition) is 2. The van der Waals surface area contributed by atoms with Crippen LogP contribution in [0, 0.1) is 0 Å². The Morgan fingerprint density at radius 3 is 2.88 bits per heavy atom. The zero-order valence-electron chi connectivity index (χ0n) is 9.74. The van der Waals surface area contributed by atoms with Crippen LogP contribution in [-0.4, -0.2) is 28.8 Å². The normalized spacial score (nSPS) is 21.4. The van der Waals surface area contributed by atoms with Gasteiger partial charge in [0.1, 0.15) is 0 Å². The van der Waals surface area contributed by atoms with Crippen molar-refractivity contribution in [3.63, 3.8) is 0 Å². The third kappa shape index (κ3) is 3.16. The van der Waals surface area contributed by atoms with E-state index in [-0.39, 0.29) is 0 Å². The zero-order chi connectivity index (χ0) is 11.4. The molecule has 2 atom stereocenters. The molecule has 0 aliphatic heterocycles. The van der Waals surface area contributed by atoms with Crippen LogP contribution < -0.4 is 5.32 Å². The number of aryl methyl sites for hydroxylation is 1. The molecule has 3 heteroatoms. The number of fused-ring (bicyclic) bond motifs is 1. The fraction of sp³-hybridized carbons (Fsp3) is 0.538. The molecule has 2 unspecified atom stereocenters. The minimum absolute atomic E-state index is 0.568. The van der Waals surface area contributed by atoms with Crippen molar-refractivity contribution in [3.8, 4) is 0 Å².